The topological polar surface area (TPSA) is 122 Å². The Labute approximate surface area is 129 Å². The van der Waals surface area contributed by atoms with Crippen LogP contribution in [0, 0.1) is 0 Å². The number of amides is 3. The lowest BCUT2D eigenvalue weighted by molar-refractivity contribution is -0.137. The van der Waals surface area contributed by atoms with Crippen molar-refractivity contribution < 1.29 is 23.9 Å². The van der Waals surface area contributed by atoms with E-state index in [0.717, 1.165) is 0 Å². The summed E-state index contributed by atoms with van der Waals surface area (Å²) in [7, 11) is 0. The summed E-state index contributed by atoms with van der Waals surface area (Å²) in [6.45, 7) is 0.235. The Balaban J connectivity index is 1.94. The minimum atomic E-state index is -1.02. The van der Waals surface area contributed by atoms with Gasteiger partial charge in [-0.2, -0.15) is 0 Å². The molecule has 0 radical (unpaired) electrons. The van der Waals surface area contributed by atoms with Crippen LogP contribution in [0.15, 0.2) is 27.4 Å². The van der Waals surface area contributed by atoms with Gasteiger partial charge in [0.25, 0.3) is 0 Å². The first-order valence-electron chi connectivity index (χ1n) is 6.92. The van der Waals surface area contributed by atoms with Crippen LogP contribution in [0.2, 0.25) is 0 Å². The van der Waals surface area contributed by atoms with Crippen molar-refractivity contribution in [2.75, 3.05) is 11.4 Å². The van der Waals surface area contributed by atoms with Crippen LogP contribution >= 0.6 is 0 Å². The van der Waals surface area contributed by atoms with Crippen LogP contribution in [0.25, 0.3) is 11.1 Å². The van der Waals surface area contributed by atoms with E-state index in [1.54, 1.807) is 12.1 Å². The summed E-state index contributed by atoms with van der Waals surface area (Å²) in [5.41, 5.74) is 1.19. The highest BCUT2D eigenvalue weighted by atomic mass is 16.4. The molecule has 0 unspecified atom stereocenters. The molecule has 2 N–H and O–H groups in total. The SMILES string of the molecule is O=C(O)CCn1c(=O)oc2cc(N3CCC(=O)NC3=O)ccc21. The summed E-state index contributed by atoms with van der Waals surface area (Å²) >= 11 is 0. The molecular formula is C14H13N3O6. The predicted molar refractivity (Wildman–Crippen MR) is 78.2 cm³/mol. The number of aryl methyl sites for hydroxylation is 1. The number of nitrogens with zero attached hydrogens (tertiary/aromatic N) is 2. The highest BCUT2D eigenvalue weighted by Gasteiger charge is 2.25. The zero-order valence-electron chi connectivity index (χ0n) is 11.9. The van der Waals surface area contributed by atoms with Crippen molar-refractivity contribution in [2.45, 2.75) is 19.4 Å². The van der Waals surface area contributed by atoms with Crippen molar-refractivity contribution in [3.63, 3.8) is 0 Å². The molecule has 1 saturated heterocycles. The molecule has 3 amide bonds. The lowest BCUT2D eigenvalue weighted by Crippen LogP contribution is -2.49. The Bertz CT molecular complexity index is 865. The third-order valence-electron chi connectivity index (χ3n) is 3.57. The smallest absolute Gasteiger partial charge is 0.419 e. The molecule has 0 saturated carbocycles. The fraction of sp³-hybridized carbons (Fsp3) is 0.286. The molecule has 1 aromatic carbocycles. The number of anilines is 1. The molecule has 1 aromatic heterocycles. The number of hydrogen-bond acceptors (Lipinski definition) is 5. The van der Waals surface area contributed by atoms with Crippen molar-refractivity contribution >= 4 is 34.7 Å². The maximum atomic E-state index is 11.8. The van der Waals surface area contributed by atoms with Crippen LogP contribution in [0.3, 0.4) is 0 Å². The number of carboxylic acid groups (broad SMARTS) is 1. The molecule has 0 spiro atoms. The van der Waals surface area contributed by atoms with E-state index in [1.165, 1.54) is 15.5 Å². The average Bonchev–Trinajstić information content (AvgIpc) is 2.79. The molecule has 9 nitrogen and oxygen atoms in total. The molecule has 1 aliphatic heterocycles. The highest BCUT2D eigenvalue weighted by molar-refractivity contribution is 6.06. The zero-order valence-corrected chi connectivity index (χ0v) is 11.9. The van der Waals surface area contributed by atoms with E-state index in [1.807, 2.05) is 0 Å². The van der Waals surface area contributed by atoms with Crippen molar-refractivity contribution in [3.05, 3.63) is 28.7 Å². The van der Waals surface area contributed by atoms with E-state index >= 15 is 0 Å². The Morgan fingerprint density at radius 3 is 2.78 bits per heavy atom. The summed E-state index contributed by atoms with van der Waals surface area (Å²) in [4.78, 5) is 46.8. The number of rotatable bonds is 4. The van der Waals surface area contributed by atoms with E-state index in [-0.39, 0.29) is 37.4 Å². The maximum Gasteiger partial charge on any atom is 0.419 e. The number of urea groups is 1. The number of fused-ring (bicyclic) bond motifs is 1. The molecule has 2 aromatic rings. The van der Waals surface area contributed by atoms with E-state index in [2.05, 4.69) is 5.32 Å². The van der Waals surface area contributed by atoms with Gasteiger partial charge in [0, 0.05) is 31.3 Å². The minimum Gasteiger partial charge on any atom is -0.481 e. The van der Waals surface area contributed by atoms with Crippen LogP contribution < -0.4 is 16.0 Å². The lowest BCUT2D eigenvalue weighted by atomic mass is 10.2. The lowest BCUT2D eigenvalue weighted by Gasteiger charge is -2.26. The first-order valence-corrected chi connectivity index (χ1v) is 6.92. The van der Waals surface area contributed by atoms with Gasteiger partial charge in [0.2, 0.25) is 5.91 Å². The molecule has 23 heavy (non-hydrogen) atoms. The number of carboxylic acids is 1. The predicted octanol–water partition coefficient (Wildman–Crippen LogP) is 0.516. The van der Waals surface area contributed by atoms with Crippen molar-refractivity contribution in [1.29, 1.82) is 0 Å². The van der Waals surface area contributed by atoms with Gasteiger partial charge in [0.1, 0.15) is 0 Å². The quantitative estimate of drug-likeness (QED) is 0.847. The van der Waals surface area contributed by atoms with Gasteiger partial charge in [-0.25, -0.2) is 9.59 Å². The molecule has 120 valence electrons. The molecule has 0 aliphatic carbocycles. The third-order valence-corrected chi connectivity index (χ3v) is 3.57. The molecule has 1 aliphatic rings. The van der Waals surface area contributed by atoms with Gasteiger partial charge in [-0.1, -0.05) is 0 Å². The standard InChI is InChI=1S/C14H13N3O6/c18-11-3-5-16(13(21)15-11)8-1-2-9-10(7-8)23-14(22)17(9)6-4-12(19)20/h1-2,7H,3-6H2,(H,19,20)(H,15,18,21). The molecular weight excluding hydrogens is 306 g/mol. The monoisotopic (exact) mass is 319 g/mol. The molecule has 3 rings (SSSR count). The number of aliphatic carboxylic acids is 1. The Morgan fingerprint density at radius 1 is 1.30 bits per heavy atom. The van der Waals surface area contributed by atoms with Crippen molar-refractivity contribution in [1.82, 2.24) is 9.88 Å². The Hall–Kier alpha value is -3.10. The molecule has 1 fully saturated rings. The summed E-state index contributed by atoms with van der Waals surface area (Å²) in [6, 6.07) is 4.18. The summed E-state index contributed by atoms with van der Waals surface area (Å²) in [5.74, 6) is -2.01. The fourth-order valence-corrected chi connectivity index (χ4v) is 2.45. The highest BCUT2D eigenvalue weighted by Crippen LogP contribution is 2.23. The third kappa shape index (κ3) is 2.80. The van der Waals surface area contributed by atoms with Gasteiger partial charge < -0.3 is 9.52 Å². The van der Waals surface area contributed by atoms with Crippen LogP contribution in [0.4, 0.5) is 10.5 Å². The second-order valence-electron chi connectivity index (χ2n) is 5.07. The number of benzene rings is 1. The fourth-order valence-electron chi connectivity index (χ4n) is 2.45. The number of hydrogen-bond donors (Lipinski definition) is 2. The Kier molecular flexibility index (Phi) is 3.61. The van der Waals surface area contributed by atoms with E-state index in [4.69, 9.17) is 9.52 Å². The molecule has 0 atom stereocenters. The van der Waals surface area contributed by atoms with Crippen molar-refractivity contribution in [3.8, 4) is 0 Å². The van der Waals surface area contributed by atoms with Gasteiger partial charge in [0.05, 0.1) is 11.9 Å². The first-order chi connectivity index (χ1) is 11.0. The minimum absolute atomic E-state index is 0.000778. The van der Waals surface area contributed by atoms with Gasteiger partial charge in [-0.15, -0.1) is 0 Å². The number of imide groups is 1. The second kappa shape index (κ2) is 5.59. The van der Waals surface area contributed by atoms with Gasteiger partial charge in [-0.05, 0) is 12.1 Å². The van der Waals surface area contributed by atoms with Gasteiger partial charge in [-0.3, -0.25) is 24.4 Å². The van der Waals surface area contributed by atoms with E-state index in [9.17, 15) is 19.2 Å². The number of carbonyl (C=O) groups is 3. The van der Waals surface area contributed by atoms with Crippen LogP contribution in [0.1, 0.15) is 12.8 Å². The molecule has 2 heterocycles. The molecule has 0 bridgehead atoms. The van der Waals surface area contributed by atoms with Gasteiger partial charge in [0.15, 0.2) is 5.58 Å². The molecule has 9 heteroatoms. The van der Waals surface area contributed by atoms with Crippen LogP contribution in [-0.2, 0) is 16.1 Å². The number of oxazole rings is 1. The second-order valence-corrected chi connectivity index (χ2v) is 5.07. The zero-order chi connectivity index (χ0) is 16.6. The average molecular weight is 319 g/mol. The van der Waals surface area contributed by atoms with Crippen LogP contribution in [0.5, 0.6) is 0 Å². The maximum absolute atomic E-state index is 11.8. The summed E-state index contributed by atoms with van der Waals surface area (Å²) < 4.78 is 6.34. The number of nitrogens with one attached hydrogen (secondary N) is 1. The Morgan fingerprint density at radius 2 is 2.09 bits per heavy atom. The summed E-state index contributed by atoms with van der Waals surface area (Å²) in [5, 5.41) is 10.9. The van der Waals surface area contributed by atoms with Crippen molar-refractivity contribution in [2.24, 2.45) is 0 Å². The van der Waals surface area contributed by atoms with Gasteiger partial charge >= 0.3 is 17.8 Å². The summed E-state index contributed by atoms with van der Waals surface area (Å²) in [6.07, 6.45) is -0.0136. The normalized spacial score (nSPS) is 15.0. The van der Waals surface area contributed by atoms with Crippen LogP contribution in [-0.4, -0.2) is 34.1 Å². The van der Waals surface area contributed by atoms with E-state index < -0.39 is 17.8 Å². The van der Waals surface area contributed by atoms with E-state index in [0.29, 0.717) is 11.2 Å². The number of aromatic nitrogens is 1. The largest absolute Gasteiger partial charge is 0.481 e. The first kappa shape index (κ1) is 14.8. The number of carbonyl (C=O) groups excluding carboxylic acids is 2.